The van der Waals surface area contributed by atoms with Gasteiger partial charge in [0.2, 0.25) is 0 Å². The molecule has 0 amide bonds. The molecule has 2 N–H and O–H groups in total. The summed E-state index contributed by atoms with van der Waals surface area (Å²) in [5.41, 5.74) is 10.8. The first kappa shape index (κ1) is 13.3. The molecule has 3 aromatic rings. The van der Waals surface area contributed by atoms with Gasteiger partial charge >= 0.3 is 0 Å². The lowest BCUT2D eigenvalue weighted by Crippen LogP contribution is -1.96. The number of hydrogen-bond acceptors (Lipinski definition) is 3. The van der Waals surface area contributed by atoms with Crippen LogP contribution in [0.2, 0.25) is 0 Å². The number of halogens is 1. The number of hydrogen-bond donors (Lipinski definition) is 1. The Morgan fingerprint density at radius 3 is 2.43 bits per heavy atom. The van der Waals surface area contributed by atoms with Gasteiger partial charge in [-0.15, -0.1) is 0 Å². The number of benzene rings is 1. The van der Waals surface area contributed by atoms with Crippen LogP contribution >= 0.6 is 0 Å². The summed E-state index contributed by atoms with van der Waals surface area (Å²) in [6.07, 6.45) is 4.43. The van der Waals surface area contributed by atoms with Crippen molar-refractivity contribution in [2.24, 2.45) is 0 Å². The third kappa shape index (κ3) is 2.63. The molecule has 0 radical (unpaired) electrons. The molecular formula is C16H15FN4. The van der Waals surface area contributed by atoms with E-state index in [-0.39, 0.29) is 0 Å². The molecule has 0 aliphatic rings. The molecule has 106 valence electrons. The van der Waals surface area contributed by atoms with Crippen molar-refractivity contribution in [3.05, 3.63) is 59.8 Å². The molecule has 0 bridgehead atoms. The molecule has 0 spiro atoms. The van der Waals surface area contributed by atoms with Gasteiger partial charge in [-0.1, -0.05) is 6.07 Å². The second kappa shape index (κ2) is 5.01. The van der Waals surface area contributed by atoms with E-state index in [9.17, 15) is 4.39 Å². The maximum absolute atomic E-state index is 13.3. The summed E-state index contributed by atoms with van der Waals surface area (Å²) in [5, 5.41) is 4.46. The van der Waals surface area contributed by atoms with Gasteiger partial charge in [0.15, 0.2) is 0 Å². The lowest BCUT2D eigenvalue weighted by Gasteiger charge is -2.04. The van der Waals surface area contributed by atoms with E-state index in [4.69, 9.17) is 5.73 Å². The minimum Gasteiger partial charge on any atom is -0.396 e. The highest BCUT2D eigenvalue weighted by Gasteiger charge is 2.11. The normalized spacial score (nSPS) is 10.8. The third-order valence-corrected chi connectivity index (χ3v) is 3.19. The van der Waals surface area contributed by atoms with Gasteiger partial charge in [-0.25, -0.2) is 9.07 Å². The van der Waals surface area contributed by atoms with E-state index < -0.39 is 5.82 Å². The fourth-order valence-electron chi connectivity index (χ4n) is 2.37. The molecule has 0 atom stereocenters. The summed E-state index contributed by atoms with van der Waals surface area (Å²) in [7, 11) is 0. The Morgan fingerprint density at radius 1 is 1.05 bits per heavy atom. The molecule has 1 aromatic carbocycles. The van der Waals surface area contributed by atoms with Gasteiger partial charge in [-0.3, -0.25) is 4.98 Å². The highest BCUT2D eigenvalue weighted by molar-refractivity contribution is 5.71. The molecule has 0 saturated heterocycles. The van der Waals surface area contributed by atoms with E-state index in [2.05, 4.69) is 16.1 Å². The number of anilines is 1. The number of pyridine rings is 1. The second-order valence-electron chi connectivity index (χ2n) is 5.12. The van der Waals surface area contributed by atoms with E-state index >= 15 is 0 Å². The lowest BCUT2D eigenvalue weighted by molar-refractivity contribution is 0.622. The molecular weight excluding hydrogens is 267 g/mol. The summed E-state index contributed by atoms with van der Waals surface area (Å²) in [6.45, 7) is 4.06. The smallest absolute Gasteiger partial charge is 0.142 e. The van der Waals surface area contributed by atoms with Crippen LogP contribution in [0.25, 0.3) is 16.9 Å². The quantitative estimate of drug-likeness (QED) is 0.784. The van der Waals surface area contributed by atoms with Crippen molar-refractivity contribution < 1.29 is 4.39 Å². The monoisotopic (exact) mass is 282 g/mol. The van der Waals surface area contributed by atoms with E-state index in [1.165, 1.54) is 6.07 Å². The third-order valence-electron chi connectivity index (χ3n) is 3.19. The first-order chi connectivity index (χ1) is 10.0. The van der Waals surface area contributed by atoms with Crippen LogP contribution in [0.5, 0.6) is 0 Å². The Bertz CT molecular complexity index is 788. The van der Waals surface area contributed by atoms with Crippen molar-refractivity contribution in [1.29, 1.82) is 0 Å². The van der Waals surface area contributed by atoms with Gasteiger partial charge in [-0.05, 0) is 43.2 Å². The summed E-state index contributed by atoms with van der Waals surface area (Å²) in [6, 6.07) is 7.51. The molecule has 0 unspecified atom stereocenters. The van der Waals surface area contributed by atoms with Crippen LogP contribution in [0, 0.1) is 19.7 Å². The summed E-state index contributed by atoms with van der Waals surface area (Å²) < 4.78 is 15.0. The van der Waals surface area contributed by atoms with Crippen molar-refractivity contribution in [2.75, 3.05) is 5.73 Å². The first-order valence-corrected chi connectivity index (χ1v) is 6.57. The van der Waals surface area contributed by atoms with Gasteiger partial charge in [0.05, 0.1) is 23.8 Å². The molecule has 4 nitrogen and oxygen atoms in total. The maximum atomic E-state index is 13.3. The number of nitrogens with two attached hydrogens (primary N) is 1. The highest BCUT2D eigenvalue weighted by Crippen LogP contribution is 2.25. The molecule has 0 fully saturated rings. The van der Waals surface area contributed by atoms with E-state index in [0.29, 0.717) is 16.9 Å². The zero-order chi connectivity index (χ0) is 15.0. The van der Waals surface area contributed by atoms with Crippen molar-refractivity contribution in [2.45, 2.75) is 13.8 Å². The molecule has 0 saturated carbocycles. The molecule has 3 rings (SSSR count). The Kier molecular flexibility index (Phi) is 3.17. The SMILES string of the molecule is Cc1cc(C)cc(-n2cc(N)c(-c3cncc(F)c3)n2)c1. The van der Waals surface area contributed by atoms with Crippen molar-refractivity contribution >= 4 is 5.69 Å². The highest BCUT2D eigenvalue weighted by atomic mass is 19.1. The lowest BCUT2D eigenvalue weighted by atomic mass is 10.1. The molecule has 21 heavy (non-hydrogen) atoms. The van der Waals surface area contributed by atoms with Gasteiger partial charge in [0.1, 0.15) is 11.5 Å². The van der Waals surface area contributed by atoms with Crippen LogP contribution in [-0.4, -0.2) is 14.8 Å². The Balaban J connectivity index is 2.09. The molecule has 2 heterocycles. The zero-order valence-corrected chi connectivity index (χ0v) is 11.8. The van der Waals surface area contributed by atoms with Gasteiger partial charge in [-0.2, -0.15) is 5.10 Å². The summed E-state index contributed by atoms with van der Waals surface area (Å²) in [5.74, 6) is -0.409. The van der Waals surface area contributed by atoms with E-state index in [1.54, 1.807) is 17.1 Å². The maximum Gasteiger partial charge on any atom is 0.142 e. The van der Waals surface area contributed by atoms with Crippen molar-refractivity contribution in [3.8, 4) is 16.9 Å². The van der Waals surface area contributed by atoms with E-state index in [0.717, 1.165) is 23.0 Å². The standard InChI is InChI=1S/C16H15FN4/c1-10-3-11(2)5-14(4-10)21-9-15(18)16(20-21)12-6-13(17)8-19-7-12/h3-9H,18H2,1-2H3. The number of aryl methyl sites for hydroxylation is 2. The minimum absolute atomic E-state index is 0.409. The number of nitrogen functional groups attached to an aromatic ring is 1. The predicted octanol–water partition coefficient (Wildman–Crippen LogP) is 3.27. The fraction of sp³-hybridized carbons (Fsp3) is 0.125. The Hall–Kier alpha value is -2.69. The molecule has 5 heteroatoms. The minimum atomic E-state index is -0.409. The number of rotatable bonds is 2. The second-order valence-corrected chi connectivity index (χ2v) is 5.12. The summed E-state index contributed by atoms with van der Waals surface area (Å²) >= 11 is 0. The van der Waals surface area contributed by atoms with Gasteiger partial charge in [0.25, 0.3) is 0 Å². The summed E-state index contributed by atoms with van der Waals surface area (Å²) in [4.78, 5) is 3.83. The van der Waals surface area contributed by atoms with Gasteiger partial charge in [0, 0.05) is 11.8 Å². The number of nitrogens with zero attached hydrogens (tertiary/aromatic N) is 3. The van der Waals surface area contributed by atoms with E-state index in [1.807, 2.05) is 26.0 Å². The van der Waals surface area contributed by atoms with Crippen LogP contribution in [0.3, 0.4) is 0 Å². The Labute approximate surface area is 122 Å². The van der Waals surface area contributed by atoms with Crippen LogP contribution in [0.1, 0.15) is 11.1 Å². The van der Waals surface area contributed by atoms with Crippen molar-refractivity contribution in [1.82, 2.24) is 14.8 Å². The molecule has 2 aromatic heterocycles. The zero-order valence-electron chi connectivity index (χ0n) is 11.8. The number of aromatic nitrogens is 3. The largest absolute Gasteiger partial charge is 0.396 e. The average Bonchev–Trinajstić information content (AvgIpc) is 2.80. The molecule has 0 aliphatic heterocycles. The van der Waals surface area contributed by atoms with Crippen LogP contribution in [0.15, 0.2) is 42.9 Å². The van der Waals surface area contributed by atoms with Crippen LogP contribution in [-0.2, 0) is 0 Å². The average molecular weight is 282 g/mol. The Morgan fingerprint density at radius 2 is 1.76 bits per heavy atom. The fourth-order valence-corrected chi connectivity index (χ4v) is 2.37. The first-order valence-electron chi connectivity index (χ1n) is 6.57. The van der Waals surface area contributed by atoms with Gasteiger partial charge < -0.3 is 5.73 Å². The predicted molar refractivity (Wildman–Crippen MR) is 80.6 cm³/mol. The van der Waals surface area contributed by atoms with Crippen LogP contribution < -0.4 is 5.73 Å². The van der Waals surface area contributed by atoms with Crippen molar-refractivity contribution in [3.63, 3.8) is 0 Å². The molecule has 0 aliphatic carbocycles. The topological polar surface area (TPSA) is 56.7 Å². The van der Waals surface area contributed by atoms with Crippen LogP contribution in [0.4, 0.5) is 10.1 Å².